The predicted octanol–water partition coefficient (Wildman–Crippen LogP) is 3.88. The van der Waals surface area contributed by atoms with E-state index >= 15 is 0 Å². The molecule has 0 spiro atoms. The maximum Gasteiger partial charge on any atom is 0.222 e. The molecular weight excluding hydrogens is 310 g/mol. The molecule has 0 aliphatic heterocycles. The number of carbonyl (C=O) groups is 1. The summed E-state index contributed by atoms with van der Waals surface area (Å²) >= 11 is 10.6. The second kappa shape index (κ2) is 7.30. The first-order valence-corrected chi connectivity index (χ1v) is 7.37. The van der Waals surface area contributed by atoms with Crippen LogP contribution >= 0.6 is 38.9 Å². The first kappa shape index (κ1) is 14.0. The van der Waals surface area contributed by atoms with E-state index in [1.165, 1.54) is 5.56 Å². The Bertz CT molecular complexity index is 342. The van der Waals surface area contributed by atoms with Crippen molar-refractivity contribution in [3.63, 3.8) is 0 Å². The lowest BCUT2D eigenvalue weighted by Crippen LogP contribution is -2.25. The average molecular weight is 325 g/mol. The van der Waals surface area contributed by atoms with E-state index in [0.717, 1.165) is 16.6 Å². The normalized spacial score (nSPS) is 10.4. The zero-order valence-electron chi connectivity index (χ0n) is 9.21. The number of halogens is 2. The summed E-state index contributed by atoms with van der Waals surface area (Å²) in [7, 11) is 1.84. The van der Waals surface area contributed by atoms with Crippen molar-refractivity contribution >= 4 is 44.8 Å². The van der Waals surface area contributed by atoms with Crippen LogP contribution in [0.5, 0.6) is 0 Å². The van der Waals surface area contributed by atoms with Crippen molar-refractivity contribution in [2.24, 2.45) is 0 Å². The van der Waals surface area contributed by atoms with Gasteiger partial charge in [0.1, 0.15) is 0 Å². The van der Waals surface area contributed by atoms with Gasteiger partial charge in [0.05, 0.1) is 3.79 Å². The molecule has 1 aromatic heterocycles. The van der Waals surface area contributed by atoms with Gasteiger partial charge in [-0.25, -0.2) is 0 Å². The SMILES string of the molecule is CN(Cc1csc(Br)c1)C(=O)CCCCCl. The van der Waals surface area contributed by atoms with Gasteiger partial charge in [-0.15, -0.1) is 22.9 Å². The van der Waals surface area contributed by atoms with E-state index in [1.54, 1.807) is 16.2 Å². The standard InChI is InChI=1S/C11H15BrClNOS/c1-14(11(15)4-2-3-5-13)7-9-6-10(12)16-8-9/h6,8H,2-5,7H2,1H3. The number of carbonyl (C=O) groups excluding carboxylic acids is 1. The Morgan fingerprint density at radius 1 is 1.56 bits per heavy atom. The van der Waals surface area contributed by atoms with Crippen molar-refractivity contribution in [2.75, 3.05) is 12.9 Å². The lowest BCUT2D eigenvalue weighted by molar-refractivity contribution is -0.130. The van der Waals surface area contributed by atoms with Crippen LogP contribution in [0.3, 0.4) is 0 Å². The maximum atomic E-state index is 11.7. The summed E-state index contributed by atoms with van der Waals surface area (Å²) in [4.78, 5) is 13.5. The number of hydrogen-bond donors (Lipinski definition) is 0. The van der Waals surface area contributed by atoms with Gasteiger partial charge in [0.15, 0.2) is 0 Å². The molecule has 1 rings (SSSR count). The van der Waals surface area contributed by atoms with Crippen LogP contribution in [0.4, 0.5) is 0 Å². The molecule has 0 saturated heterocycles. The van der Waals surface area contributed by atoms with Crippen LogP contribution in [0.2, 0.25) is 0 Å². The minimum absolute atomic E-state index is 0.187. The fraction of sp³-hybridized carbons (Fsp3) is 0.545. The minimum atomic E-state index is 0.187. The van der Waals surface area contributed by atoms with Crippen LogP contribution in [-0.4, -0.2) is 23.7 Å². The molecule has 2 nitrogen and oxygen atoms in total. The Balaban J connectivity index is 2.34. The molecule has 0 fully saturated rings. The summed E-state index contributed by atoms with van der Waals surface area (Å²) in [5.74, 6) is 0.821. The quantitative estimate of drug-likeness (QED) is 0.574. The van der Waals surface area contributed by atoms with Gasteiger partial charge in [-0.05, 0) is 45.8 Å². The van der Waals surface area contributed by atoms with Gasteiger partial charge in [-0.3, -0.25) is 4.79 Å². The molecule has 0 atom stereocenters. The molecule has 0 radical (unpaired) electrons. The van der Waals surface area contributed by atoms with Gasteiger partial charge in [0, 0.05) is 25.9 Å². The molecule has 0 aromatic carbocycles. The summed E-state index contributed by atoms with van der Waals surface area (Å²) < 4.78 is 1.10. The first-order valence-electron chi connectivity index (χ1n) is 5.16. The van der Waals surface area contributed by atoms with Gasteiger partial charge in [-0.1, -0.05) is 0 Å². The topological polar surface area (TPSA) is 20.3 Å². The van der Waals surface area contributed by atoms with Gasteiger partial charge in [0.25, 0.3) is 0 Å². The van der Waals surface area contributed by atoms with E-state index in [9.17, 15) is 4.79 Å². The summed E-state index contributed by atoms with van der Waals surface area (Å²) in [6.45, 7) is 0.682. The molecule has 0 aliphatic rings. The lowest BCUT2D eigenvalue weighted by Gasteiger charge is -2.16. The highest BCUT2D eigenvalue weighted by molar-refractivity contribution is 9.11. The lowest BCUT2D eigenvalue weighted by atomic mass is 10.2. The van der Waals surface area contributed by atoms with E-state index in [4.69, 9.17) is 11.6 Å². The smallest absolute Gasteiger partial charge is 0.222 e. The highest BCUT2D eigenvalue weighted by atomic mass is 79.9. The van der Waals surface area contributed by atoms with Crippen LogP contribution in [0.15, 0.2) is 15.2 Å². The molecule has 0 N–H and O–H groups in total. The third kappa shape index (κ3) is 4.85. The van der Waals surface area contributed by atoms with Gasteiger partial charge in [-0.2, -0.15) is 0 Å². The molecule has 1 aromatic rings. The Morgan fingerprint density at radius 2 is 2.31 bits per heavy atom. The second-order valence-electron chi connectivity index (χ2n) is 3.65. The molecule has 0 bridgehead atoms. The fourth-order valence-corrected chi connectivity index (χ4v) is 2.74. The summed E-state index contributed by atoms with van der Waals surface area (Å²) in [6.07, 6.45) is 2.37. The number of unbranched alkanes of at least 4 members (excludes halogenated alkanes) is 1. The highest BCUT2D eigenvalue weighted by Crippen LogP contribution is 2.21. The number of amides is 1. The molecule has 0 unspecified atom stereocenters. The number of alkyl halides is 1. The molecule has 0 saturated carbocycles. The molecule has 1 amide bonds. The van der Waals surface area contributed by atoms with Crippen LogP contribution in [0.1, 0.15) is 24.8 Å². The van der Waals surface area contributed by atoms with E-state index in [0.29, 0.717) is 18.8 Å². The monoisotopic (exact) mass is 323 g/mol. The van der Waals surface area contributed by atoms with Crippen LogP contribution in [0.25, 0.3) is 0 Å². The molecule has 0 aliphatic carbocycles. The number of rotatable bonds is 6. The summed E-state index contributed by atoms with van der Waals surface area (Å²) in [6, 6.07) is 2.05. The molecule has 16 heavy (non-hydrogen) atoms. The van der Waals surface area contributed by atoms with Crippen LogP contribution < -0.4 is 0 Å². The third-order valence-corrected chi connectivity index (χ3v) is 4.06. The van der Waals surface area contributed by atoms with Gasteiger partial charge in [0.2, 0.25) is 5.91 Å². The summed E-state index contributed by atoms with van der Waals surface area (Å²) in [5.41, 5.74) is 1.17. The Kier molecular flexibility index (Phi) is 6.39. The van der Waals surface area contributed by atoms with Gasteiger partial charge < -0.3 is 4.90 Å². The number of hydrogen-bond acceptors (Lipinski definition) is 2. The Hall–Kier alpha value is -0.0600. The zero-order chi connectivity index (χ0) is 12.0. The van der Waals surface area contributed by atoms with E-state index < -0.39 is 0 Å². The van der Waals surface area contributed by atoms with E-state index in [1.807, 2.05) is 13.1 Å². The van der Waals surface area contributed by atoms with Crippen molar-refractivity contribution in [1.29, 1.82) is 0 Å². The van der Waals surface area contributed by atoms with Crippen molar-refractivity contribution in [3.8, 4) is 0 Å². The predicted molar refractivity (Wildman–Crippen MR) is 73.1 cm³/mol. The Morgan fingerprint density at radius 3 is 2.88 bits per heavy atom. The van der Waals surface area contributed by atoms with Crippen molar-refractivity contribution in [1.82, 2.24) is 4.90 Å². The fourth-order valence-electron chi connectivity index (χ4n) is 1.35. The van der Waals surface area contributed by atoms with Crippen LogP contribution in [0, 0.1) is 0 Å². The van der Waals surface area contributed by atoms with Gasteiger partial charge >= 0.3 is 0 Å². The third-order valence-electron chi connectivity index (χ3n) is 2.24. The second-order valence-corrected chi connectivity index (χ2v) is 6.32. The average Bonchev–Trinajstić information content (AvgIpc) is 2.64. The molecule has 90 valence electrons. The van der Waals surface area contributed by atoms with Crippen molar-refractivity contribution < 1.29 is 4.79 Å². The molecule has 5 heteroatoms. The van der Waals surface area contributed by atoms with Crippen molar-refractivity contribution in [3.05, 3.63) is 20.8 Å². The summed E-state index contributed by atoms with van der Waals surface area (Å²) in [5, 5.41) is 2.06. The molecule has 1 heterocycles. The highest BCUT2D eigenvalue weighted by Gasteiger charge is 2.09. The maximum absolute atomic E-state index is 11.7. The van der Waals surface area contributed by atoms with Crippen molar-refractivity contribution in [2.45, 2.75) is 25.8 Å². The molecular formula is C11H15BrClNOS. The zero-order valence-corrected chi connectivity index (χ0v) is 12.4. The van der Waals surface area contributed by atoms with E-state index in [2.05, 4.69) is 21.3 Å². The Labute approximate surface area is 114 Å². The first-order chi connectivity index (χ1) is 7.63. The minimum Gasteiger partial charge on any atom is -0.341 e. The largest absolute Gasteiger partial charge is 0.341 e. The number of nitrogens with zero attached hydrogens (tertiary/aromatic N) is 1. The number of thiophene rings is 1. The van der Waals surface area contributed by atoms with Crippen LogP contribution in [-0.2, 0) is 11.3 Å². The van der Waals surface area contributed by atoms with E-state index in [-0.39, 0.29) is 5.91 Å².